The molecule has 0 saturated heterocycles. The Morgan fingerprint density at radius 2 is 2.04 bits per heavy atom. The first-order chi connectivity index (χ1) is 11.0. The molecule has 1 aromatic carbocycles. The van der Waals surface area contributed by atoms with Gasteiger partial charge in [0.15, 0.2) is 5.69 Å². The lowest BCUT2D eigenvalue weighted by Crippen LogP contribution is -2.30. The number of hydrogen-bond acceptors (Lipinski definition) is 4. The predicted octanol–water partition coefficient (Wildman–Crippen LogP) is 3.15. The van der Waals surface area contributed by atoms with E-state index >= 15 is 0 Å². The van der Waals surface area contributed by atoms with Crippen LogP contribution in [0.1, 0.15) is 53.0 Å². The first-order valence-corrected chi connectivity index (χ1v) is 7.65. The molecular weight excluding hydrogens is 320 g/mol. The van der Waals surface area contributed by atoms with Crippen molar-refractivity contribution in [3.63, 3.8) is 0 Å². The largest absolute Gasteiger partial charge is 0.481 e. The lowest BCUT2D eigenvalue weighted by molar-refractivity contribution is -0.137. The average Bonchev–Trinajstić information content (AvgIpc) is 3.24. The molecule has 23 heavy (non-hydrogen) atoms. The molecule has 0 spiro atoms. The molecule has 0 radical (unpaired) electrons. The van der Waals surface area contributed by atoms with E-state index in [-0.39, 0.29) is 12.1 Å². The molecule has 6 nitrogen and oxygen atoms in total. The van der Waals surface area contributed by atoms with Crippen molar-refractivity contribution in [3.05, 3.63) is 52.4 Å². The number of aliphatic carboxylic acids is 1. The number of amides is 1. The Hall–Kier alpha value is -2.34. The van der Waals surface area contributed by atoms with Gasteiger partial charge in [-0.1, -0.05) is 28.9 Å². The van der Waals surface area contributed by atoms with E-state index in [0.717, 1.165) is 12.8 Å². The van der Waals surface area contributed by atoms with E-state index in [2.05, 4.69) is 10.5 Å². The Bertz CT molecular complexity index is 722. The molecule has 120 valence electrons. The summed E-state index contributed by atoms with van der Waals surface area (Å²) in [6, 6.07) is 7.63. The van der Waals surface area contributed by atoms with Gasteiger partial charge in [0, 0.05) is 17.0 Å². The van der Waals surface area contributed by atoms with Gasteiger partial charge in [-0.15, -0.1) is 0 Å². The number of carboxylic acid groups (broad SMARTS) is 1. The predicted molar refractivity (Wildman–Crippen MR) is 82.4 cm³/mol. The van der Waals surface area contributed by atoms with Crippen LogP contribution in [-0.4, -0.2) is 22.1 Å². The normalized spacial score (nSPS) is 15.2. The minimum atomic E-state index is -1.01. The van der Waals surface area contributed by atoms with Gasteiger partial charge < -0.3 is 14.9 Å². The standard InChI is InChI=1S/C16H15ClN2O4/c17-11-5-3-9(4-6-11)12(8-15(20)21)18-16(22)13-7-14(23-19-13)10-1-2-10/h3-7,10,12H,1-2,8H2,(H,18,22)(H,20,21). The van der Waals surface area contributed by atoms with E-state index in [4.69, 9.17) is 21.2 Å². The van der Waals surface area contributed by atoms with Crippen LogP contribution >= 0.6 is 11.6 Å². The molecule has 1 atom stereocenters. The zero-order valence-electron chi connectivity index (χ0n) is 12.2. The molecule has 7 heteroatoms. The van der Waals surface area contributed by atoms with E-state index in [1.807, 2.05) is 0 Å². The molecule has 0 bridgehead atoms. The monoisotopic (exact) mass is 334 g/mol. The Morgan fingerprint density at radius 3 is 2.65 bits per heavy atom. The SMILES string of the molecule is O=C(O)CC(NC(=O)c1cc(C2CC2)on1)c1ccc(Cl)cc1. The Balaban J connectivity index is 1.74. The maximum absolute atomic E-state index is 12.3. The van der Waals surface area contributed by atoms with Crippen LogP contribution < -0.4 is 5.32 Å². The molecule has 2 N–H and O–H groups in total. The highest BCUT2D eigenvalue weighted by atomic mass is 35.5. The van der Waals surface area contributed by atoms with Gasteiger partial charge in [0.05, 0.1) is 12.5 Å². The maximum atomic E-state index is 12.3. The van der Waals surface area contributed by atoms with Crippen molar-refractivity contribution in [3.8, 4) is 0 Å². The fraction of sp³-hybridized carbons (Fsp3) is 0.312. The molecule has 1 aliphatic rings. The van der Waals surface area contributed by atoms with Crippen LogP contribution in [0.2, 0.25) is 5.02 Å². The summed E-state index contributed by atoms with van der Waals surface area (Å²) in [6.07, 6.45) is 1.85. The summed E-state index contributed by atoms with van der Waals surface area (Å²) >= 11 is 5.84. The second-order valence-corrected chi connectivity index (χ2v) is 6.00. The number of benzene rings is 1. The minimum absolute atomic E-state index is 0.163. The summed E-state index contributed by atoms with van der Waals surface area (Å²) in [5, 5.41) is 16.0. The van der Waals surface area contributed by atoms with Crippen LogP contribution in [-0.2, 0) is 4.79 Å². The van der Waals surface area contributed by atoms with E-state index in [1.54, 1.807) is 30.3 Å². The van der Waals surface area contributed by atoms with Crippen molar-refractivity contribution in [2.45, 2.75) is 31.2 Å². The molecule has 2 aromatic rings. The highest BCUT2D eigenvalue weighted by Crippen LogP contribution is 2.40. The maximum Gasteiger partial charge on any atom is 0.305 e. The molecule has 1 fully saturated rings. The van der Waals surface area contributed by atoms with Gasteiger partial charge in [-0.25, -0.2) is 0 Å². The summed E-state index contributed by atoms with van der Waals surface area (Å²) in [6.45, 7) is 0. The van der Waals surface area contributed by atoms with Crippen LogP contribution in [0.4, 0.5) is 0 Å². The molecule has 1 aliphatic carbocycles. The zero-order valence-corrected chi connectivity index (χ0v) is 12.9. The summed E-state index contributed by atoms with van der Waals surface area (Å²) in [4.78, 5) is 23.3. The van der Waals surface area contributed by atoms with E-state index < -0.39 is 17.9 Å². The number of carbonyl (C=O) groups excluding carboxylic acids is 1. The third-order valence-corrected chi connectivity index (χ3v) is 3.95. The van der Waals surface area contributed by atoms with Gasteiger partial charge in [0.25, 0.3) is 5.91 Å². The fourth-order valence-corrected chi connectivity index (χ4v) is 2.44. The Morgan fingerprint density at radius 1 is 1.35 bits per heavy atom. The molecule has 1 amide bonds. The summed E-state index contributed by atoms with van der Waals surface area (Å²) < 4.78 is 5.15. The number of nitrogens with zero attached hydrogens (tertiary/aromatic N) is 1. The highest BCUT2D eigenvalue weighted by Gasteiger charge is 2.29. The highest BCUT2D eigenvalue weighted by molar-refractivity contribution is 6.30. The summed E-state index contributed by atoms with van der Waals surface area (Å²) in [5.41, 5.74) is 0.826. The van der Waals surface area contributed by atoms with Gasteiger partial charge in [-0.05, 0) is 30.5 Å². The molecule has 1 aromatic heterocycles. The lowest BCUT2D eigenvalue weighted by Gasteiger charge is -2.16. The van der Waals surface area contributed by atoms with Crippen LogP contribution in [0.3, 0.4) is 0 Å². The second-order valence-electron chi connectivity index (χ2n) is 5.56. The topological polar surface area (TPSA) is 92.4 Å². The van der Waals surface area contributed by atoms with Gasteiger partial charge >= 0.3 is 5.97 Å². The smallest absolute Gasteiger partial charge is 0.305 e. The van der Waals surface area contributed by atoms with Crippen molar-refractivity contribution in [2.24, 2.45) is 0 Å². The van der Waals surface area contributed by atoms with Crippen LogP contribution in [0.15, 0.2) is 34.9 Å². The van der Waals surface area contributed by atoms with Crippen LogP contribution in [0.5, 0.6) is 0 Å². The van der Waals surface area contributed by atoms with E-state index in [9.17, 15) is 9.59 Å². The van der Waals surface area contributed by atoms with E-state index in [0.29, 0.717) is 22.3 Å². The van der Waals surface area contributed by atoms with Crippen molar-refractivity contribution in [1.29, 1.82) is 0 Å². The molecule has 1 heterocycles. The number of rotatable bonds is 6. The average molecular weight is 335 g/mol. The van der Waals surface area contributed by atoms with Gasteiger partial charge in [-0.3, -0.25) is 9.59 Å². The van der Waals surface area contributed by atoms with E-state index in [1.165, 1.54) is 0 Å². The molecule has 1 unspecified atom stereocenters. The van der Waals surface area contributed by atoms with Crippen molar-refractivity contribution in [2.75, 3.05) is 0 Å². The van der Waals surface area contributed by atoms with Gasteiger partial charge in [-0.2, -0.15) is 0 Å². The second kappa shape index (κ2) is 6.42. The van der Waals surface area contributed by atoms with Gasteiger partial charge in [0.2, 0.25) is 0 Å². The van der Waals surface area contributed by atoms with Crippen LogP contribution in [0.25, 0.3) is 0 Å². The molecule has 3 rings (SSSR count). The van der Waals surface area contributed by atoms with Crippen LogP contribution in [0, 0.1) is 0 Å². The van der Waals surface area contributed by atoms with Gasteiger partial charge in [0.1, 0.15) is 5.76 Å². The number of halogens is 1. The minimum Gasteiger partial charge on any atom is -0.481 e. The van der Waals surface area contributed by atoms with Crippen molar-refractivity contribution >= 4 is 23.5 Å². The number of aromatic nitrogens is 1. The molecule has 1 saturated carbocycles. The van der Waals surface area contributed by atoms with Crippen molar-refractivity contribution < 1.29 is 19.2 Å². The zero-order chi connectivity index (χ0) is 16.4. The first-order valence-electron chi connectivity index (χ1n) is 7.27. The lowest BCUT2D eigenvalue weighted by atomic mass is 10.0. The number of carbonyl (C=O) groups is 2. The molecular formula is C16H15ClN2O4. The Labute approximate surface area is 137 Å². The first kappa shape index (κ1) is 15.6. The number of nitrogens with one attached hydrogen (secondary N) is 1. The fourth-order valence-electron chi connectivity index (χ4n) is 2.31. The molecule has 0 aliphatic heterocycles. The number of hydrogen-bond donors (Lipinski definition) is 2. The summed E-state index contributed by atoms with van der Waals surface area (Å²) in [7, 11) is 0. The quantitative estimate of drug-likeness (QED) is 0.846. The van der Waals surface area contributed by atoms with Crippen molar-refractivity contribution in [1.82, 2.24) is 10.5 Å². The number of carboxylic acids is 1. The Kier molecular flexibility index (Phi) is 4.34. The third kappa shape index (κ3) is 3.90. The summed E-state index contributed by atoms with van der Waals surface area (Å²) in [5.74, 6) is -0.405. The third-order valence-electron chi connectivity index (χ3n) is 3.70.